The summed E-state index contributed by atoms with van der Waals surface area (Å²) in [5.74, 6) is -0.0973. The normalized spacial score (nSPS) is 9.83. The summed E-state index contributed by atoms with van der Waals surface area (Å²) in [5, 5.41) is 2.91. The molecule has 0 radical (unpaired) electrons. The lowest BCUT2D eigenvalue weighted by atomic mass is 10.1. The molecule has 2 aromatic carbocycles. The van der Waals surface area contributed by atoms with Crippen LogP contribution in [0.1, 0.15) is 21.5 Å². The molecule has 90 valence electrons. The number of anilines is 1. The molecular formula is C16H15NO. The highest BCUT2D eigenvalue weighted by Crippen LogP contribution is 2.18. The minimum absolute atomic E-state index is 0.0973. The third-order valence-electron chi connectivity index (χ3n) is 2.78. The Morgan fingerprint density at radius 2 is 1.89 bits per heavy atom. The molecule has 0 aliphatic heterocycles. The first-order valence-corrected chi connectivity index (χ1v) is 5.80. The van der Waals surface area contributed by atoms with Crippen LogP contribution in [0, 0.1) is 6.92 Å². The van der Waals surface area contributed by atoms with Crippen molar-refractivity contribution >= 4 is 17.7 Å². The van der Waals surface area contributed by atoms with Gasteiger partial charge in [-0.2, -0.15) is 0 Å². The predicted octanol–water partition coefficient (Wildman–Crippen LogP) is 3.89. The number of aryl methyl sites for hydroxylation is 1. The Kier molecular flexibility index (Phi) is 3.58. The van der Waals surface area contributed by atoms with Gasteiger partial charge in [-0.15, -0.1) is 0 Å². The first kappa shape index (κ1) is 12.1. The Morgan fingerprint density at radius 3 is 2.56 bits per heavy atom. The summed E-state index contributed by atoms with van der Waals surface area (Å²) in [5.41, 5.74) is 3.50. The Balaban J connectivity index is 2.24. The number of hydrogen-bond acceptors (Lipinski definition) is 1. The van der Waals surface area contributed by atoms with Crippen LogP contribution in [0.3, 0.4) is 0 Å². The maximum absolute atomic E-state index is 12.0. The van der Waals surface area contributed by atoms with Crippen molar-refractivity contribution in [1.29, 1.82) is 0 Å². The first-order valence-electron chi connectivity index (χ1n) is 5.80. The minimum Gasteiger partial charge on any atom is -0.322 e. The number of carbonyl (C=O) groups excluding carboxylic acids is 1. The summed E-state index contributed by atoms with van der Waals surface area (Å²) in [6, 6.07) is 15.0. The SMILES string of the molecule is C=Cc1ccc(C)c(NC(=O)c2ccccc2)c1. The molecule has 0 saturated carbocycles. The second kappa shape index (κ2) is 5.32. The molecule has 2 aromatic rings. The minimum atomic E-state index is -0.0973. The number of amides is 1. The van der Waals surface area contributed by atoms with E-state index in [1.165, 1.54) is 0 Å². The van der Waals surface area contributed by atoms with Gasteiger partial charge >= 0.3 is 0 Å². The van der Waals surface area contributed by atoms with Crippen LogP contribution < -0.4 is 5.32 Å². The van der Waals surface area contributed by atoms with Crippen LogP contribution in [0.15, 0.2) is 55.1 Å². The van der Waals surface area contributed by atoms with E-state index in [2.05, 4.69) is 11.9 Å². The highest BCUT2D eigenvalue weighted by molar-refractivity contribution is 6.04. The maximum Gasteiger partial charge on any atom is 0.255 e. The molecule has 0 fully saturated rings. The van der Waals surface area contributed by atoms with Gasteiger partial charge in [0.25, 0.3) is 5.91 Å². The molecule has 2 rings (SSSR count). The van der Waals surface area contributed by atoms with Crippen LogP contribution in [0.25, 0.3) is 6.08 Å². The Hall–Kier alpha value is -2.35. The molecule has 0 unspecified atom stereocenters. The Bertz CT molecular complexity index is 573. The van der Waals surface area contributed by atoms with Gasteiger partial charge in [-0.25, -0.2) is 0 Å². The van der Waals surface area contributed by atoms with E-state index in [0.717, 1.165) is 16.8 Å². The molecule has 0 aliphatic rings. The van der Waals surface area contributed by atoms with E-state index in [-0.39, 0.29) is 5.91 Å². The van der Waals surface area contributed by atoms with E-state index in [4.69, 9.17) is 0 Å². The van der Waals surface area contributed by atoms with Gasteiger partial charge in [-0.3, -0.25) is 4.79 Å². The number of rotatable bonds is 3. The van der Waals surface area contributed by atoms with E-state index >= 15 is 0 Å². The second-order valence-electron chi connectivity index (χ2n) is 4.10. The summed E-state index contributed by atoms with van der Waals surface area (Å²) < 4.78 is 0. The smallest absolute Gasteiger partial charge is 0.255 e. The zero-order chi connectivity index (χ0) is 13.0. The molecular weight excluding hydrogens is 222 g/mol. The molecule has 0 saturated heterocycles. The predicted molar refractivity (Wildman–Crippen MR) is 75.7 cm³/mol. The standard InChI is InChI=1S/C16H15NO/c1-3-13-10-9-12(2)15(11-13)17-16(18)14-7-5-4-6-8-14/h3-11H,1H2,2H3,(H,17,18). The van der Waals surface area contributed by atoms with E-state index in [0.29, 0.717) is 5.56 Å². The van der Waals surface area contributed by atoms with Crippen molar-refractivity contribution in [2.24, 2.45) is 0 Å². The maximum atomic E-state index is 12.0. The fourth-order valence-corrected chi connectivity index (χ4v) is 1.69. The van der Waals surface area contributed by atoms with Gasteiger partial charge in [0.15, 0.2) is 0 Å². The molecule has 0 aliphatic carbocycles. The number of benzene rings is 2. The Labute approximate surface area is 107 Å². The molecule has 0 atom stereocenters. The summed E-state index contributed by atoms with van der Waals surface area (Å²) in [6.45, 7) is 5.69. The summed E-state index contributed by atoms with van der Waals surface area (Å²) in [6.07, 6.45) is 1.76. The van der Waals surface area contributed by atoms with Crippen LogP contribution in [-0.2, 0) is 0 Å². The number of nitrogens with one attached hydrogen (secondary N) is 1. The first-order chi connectivity index (χ1) is 8.70. The number of hydrogen-bond donors (Lipinski definition) is 1. The zero-order valence-electron chi connectivity index (χ0n) is 10.3. The molecule has 0 spiro atoms. The van der Waals surface area contributed by atoms with E-state index < -0.39 is 0 Å². The largest absolute Gasteiger partial charge is 0.322 e. The van der Waals surface area contributed by atoms with Crippen molar-refractivity contribution in [3.63, 3.8) is 0 Å². The van der Waals surface area contributed by atoms with Gasteiger partial charge < -0.3 is 5.32 Å². The molecule has 2 heteroatoms. The van der Waals surface area contributed by atoms with E-state index in [1.807, 2.05) is 43.3 Å². The van der Waals surface area contributed by atoms with Crippen molar-refractivity contribution in [1.82, 2.24) is 0 Å². The van der Waals surface area contributed by atoms with Crippen molar-refractivity contribution < 1.29 is 4.79 Å². The van der Waals surface area contributed by atoms with Gasteiger partial charge in [0.05, 0.1) is 0 Å². The molecule has 1 amide bonds. The summed E-state index contributed by atoms with van der Waals surface area (Å²) in [4.78, 5) is 12.0. The van der Waals surface area contributed by atoms with E-state index in [9.17, 15) is 4.79 Å². The fraction of sp³-hybridized carbons (Fsp3) is 0.0625. The average molecular weight is 237 g/mol. The topological polar surface area (TPSA) is 29.1 Å². The lowest BCUT2D eigenvalue weighted by Crippen LogP contribution is -2.12. The van der Waals surface area contributed by atoms with Gasteiger partial charge in [-0.1, -0.05) is 43.0 Å². The molecule has 0 aromatic heterocycles. The highest BCUT2D eigenvalue weighted by atomic mass is 16.1. The molecule has 2 nitrogen and oxygen atoms in total. The lowest BCUT2D eigenvalue weighted by Gasteiger charge is -2.09. The Morgan fingerprint density at radius 1 is 1.17 bits per heavy atom. The third kappa shape index (κ3) is 2.66. The highest BCUT2D eigenvalue weighted by Gasteiger charge is 2.07. The second-order valence-corrected chi connectivity index (χ2v) is 4.10. The van der Waals surface area contributed by atoms with Crippen LogP contribution in [0.4, 0.5) is 5.69 Å². The van der Waals surface area contributed by atoms with Gasteiger partial charge in [-0.05, 0) is 36.2 Å². The monoisotopic (exact) mass is 237 g/mol. The van der Waals surface area contributed by atoms with Gasteiger partial charge in [0, 0.05) is 11.3 Å². The molecule has 18 heavy (non-hydrogen) atoms. The van der Waals surface area contributed by atoms with Crippen LogP contribution in [0.5, 0.6) is 0 Å². The van der Waals surface area contributed by atoms with Crippen molar-refractivity contribution in [3.8, 4) is 0 Å². The summed E-state index contributed by atoms with van der Waals surface area (Å²) >= 11 is 0. The van der Waals surface area contributed by atoms with E-state index in [1.54, 1.807) is 18.2 Å². The van der Waals surface area contributed by atoms with Crippen LogP contribution in [0.2, 0.25) is 0 Å². The fourth-order valence-electron chi connectivity index (χ4n) is 1.69. The van der Waals surface area contributed by atoms with Crippen molar-refractivity contribution in [2.75, 3.05) is 5.32 Å². The quantitative estimate of drug-likeness (QED) is 0.862. The molecule has 0 heterocycles. The summed E-state index contributed by atoms with van der Waals surface area (Å²) in [7, 11) is 0. The lowest BCUT2D eigenvalue weighted by molar-refractivity contribution is 0.102. The average Bonchev–Trinajstić information content (AvgIpc) is 2.42. The number of carbonyl (C=O) groups is 1. The van der Waals surface area contributed by atoms with Crippen LogP contribution in [-0.4, -0.2) is 5.91 Å². The van der Waals surface area contributed by atoms with Gasteiger partial charge in [0.2, 0.25) is 0 Å². The van der Waals surface area contributed by atoms with Crippen molar-refractivity contribution in [3.05, 3.63) is 71.8 Å². The molecule has 1 N–H and O–H groups in total. The van der Waals surface area contributed by atoms with Gasteiger partial charge in [0.1, 0.15) is 0 Å². The van der Waals surface area contributed by atoms with Crippen LogP contribution >= 0.6 is 0 Å². The molecule has 0 bridgehead atoms. The van der Waals surface area contributed by atoms with Crippen molar-refractivity contribution in [2.45, 2.75) is 6.92 Å². The zero-order valence-corrected chi connectivity index (χ0v) is 10.3. The third-order valence-corrected chi connectivity index (χ3v) is 2.78.